The Morgan fingerprint density at radius 1 is 1.64 bits per heavy atom. The highest BCUT2D eigenvalue weighted by Gasteiger charge is 2.04. The monoisotopic (exact) mass is 217 g/mol. The van der Waals surface area contributed by atoms with Gasteiger partial charge in [0, 0.05) is 11.8 Å². The molecule has 0 aromatic carbocycles. The molecular formula is C7H8BrNO2. The van der Waals surface area contributed by atoms with Crippen molar-refractivity contribution in [3.8, 4) is 5.75 Å². The van der Waals surface area contributed by atoms with Crippen molar-refractivity contribution in [1.82, 2.24) is 4.98 Å². The maximum Gasteiger partial charge on any atom is 0.151 e. The van der Waals surface area contributed by atoms with Crippen LogP contribution in [0.3, 0.4) is 0 Å². The van der Waals surface area contributed by atoms with Crippen LogP contribution >= 0.6 is 15.9 Å². The zero-order chi connectivity index (χ0) is 8.27. The van der Waals surface area contributed by atoms with Crippen LogP contribution in [0.25, 0.3) is 0 Å². The molecule has 1 heterocycles. The molecule has 3 nitrogen and oxygen atoms in total. The molecule has 4 heteroatoms. The van der Waals surface area contributed by atoms with E-state index < -0.39 is 0 Å². The van der Waals surface area contributed by atoms with Crippen LogP contribution in [-0.4, -0.2) is 17.2 Å². The van der Waals surface area contributed by atoms with Crippen molar-refractivity contribution in [2.24, 2.45) is 0 Å². The van der Waals surface area contributed by atoms with Gasteiger partial charge in [0.2, 0.25) is 0 Å². The molecule has 1 aromatic rings. The first-order valence-corrected chi connectivity index (χ1v) is 3.86. The molecule has 0 saturated carbocycles. The Hall–Kier alpha value is -0.610. The molecule has 11 heavy (non-hydrogen) atoms. The number of ether oxygens (including phenoxy) is 1. The smallest absolute Gasteiger partial charge is 0.151 e. The number of pyridine rings is 1. The Morgan fingerprint density at radius 3 is 2.91 bits per heavy atom. The fourth-order valence-corrected chi connectivity index (χ4v) is 1.21. The van der Waals surface area contributed by atoms with Crippen LogP contribution in [0, 0.1) is 0 Å². The Kier molecular flexibility index (Phi) is 2.84. The summed E-state index contributed by atoms with van der Waals surface area (Å²) in [7, 11) is 1.56. The summed E-state index contributed by atoms with van der Waals surface area (Å²) in [5, 5.41) is 8.81. The number of halogens is 1. The second kappa shape index (κ2) is 3.69. The predicted molar refractivity (Wildman–Crippen MR) is 44.4 cm³/mol. The molecule has 0 aliphatic rings. The molecule has 0 aliphatic heterocycles. The summed E-state index contributed by atoms with van der Waals surface area (Å²) in [6, 6.07) is 0. The lowest BCUT2D eigenvalue weighted by atomic mass is 10.3. The largest absolute Gasteiger partial charge is 0.494 e. The topological polar surface area (TPSA) is 42.4 Å². The molecule has 1 N–H and O–H groups in total. The van der Waals surface area contributed by atoms with Crippen molar-refractivity contribution in [2.45, 2.75) is 6.61 Å². The quantitative estimate of drug-likeness (QED) is 0.814. The third kappa shape index (κ3) is 1.70. The minimum atomic E-state index is -0.0369. The van der Waals surface area contributed by atoms with E-state index in [2.05, 4.69) is 20.9 Å². The number of aliphatic hydroxyl groups excluding tert-OH is 1. The summed E-state index contributed by atoms with van der Waals surface area (Å²) in [5.74, 6) is 0.636. The zero-order valence-electron chi connectivity index (χ0n) is 6.04. The van der Waals surface area contributed by atoms with Crippen LogP contribution in [0.2, 0.25) is 0 Å². The summed E-state index contributed by atoms with van der Waals surface area (Å²) in [5.41, 5.74) is 0.726. The lowest BCUT2D eigenvalue weighted by Gasteiger charge is -2.04. The summed E-state index contributed by atoms with van der Waals surface area (Å²) >= 11 is 3.28. The van der Waals surface area contributed by atoms with E-state index in [0.717, 1.165) is 10.0 Å². The van der Waals surface area contributed by atoms with Gasteiger partial charge >= 0.3 is 0 Å². The van der Waals surface area contributed by atoms with E-state index in [0.29, 0.717) is 5.75 Å². The van der Waals surface area contributed by atoms with Gasteiger partial charge in [-0.2, -0.15) is 0 Å². The molecular weight excluding hydrogens is 210 g/mol. The van der Waals surface area contributed by atoms with E-state index in [1.165, 1.54) is 0 Å². The van der Waals surface area contributed by atoms with E-state index in [1.54, 1.807) is 19.5 Å². The summed E-state index contributed by atoms with van der Waals surface area (Å²) in [6.07, 6.45) is 3.18. The minimum Gasteiger partial charge on any atom is -0.494 e. The standard InChI is InChI=1S/C7H8BrNO2/c1-11-6-3-9-2-5(4-10)7(6)8/h2-3,10H,4H2,1H3. The van der Waals surface area contributed by atoms with Crippen LogP contribution < -0.4 is 4.74 Å². The van der Waals surface area contributed by atoms with Gasteiger partial charge in [0.05, 0.1) is 24.4 Å². The van der Waals surface area contributed by atoms with E-state index in [4.69, 9.17) is 9.84 Å². The molecule has 0 spiro atoms. The maximum atomic E-state index is 8.81. The second-order valence-electron chi connectivity index (χ2n) is 1.97. The first-order valence-electron chi connectivity index (χ1n) is 3.06. The van der Waals surface area contributed by atoms with Gasteiger partial charge in [0.1, 0.15) is 0 Å². The molecule has 0 radical (unpaired) electrons. The van der Waals surface area contributed by atoms with Crippen LogP contribution in [0.1, 0.15) is 5.56 Å². The predicted octanol–water partition coefficient (Wildman–Crippen LogP) is 1.34. The highest BCUT2D eigenvalue weighted by molar-refractivity contribution is 9.10. The minimum absolute atomic E-state index is 0.0369. The normalized spacial score (nSPS) is 9.73. The summed E-state index contributed by atoms with van der Waals surface area (Å²) in [4.78, 5) is 3.87. The van der Waals surface area contributed by atoms with Crippen LogP contribution in [0.15, 0.2) is 16.9 Å². The van der Waals surface area contributed by atoms with Gasteiger partial charge in [-0.3, -0.25) is 4.98 Å². The molecule has 0 bridgehead atoms. The number of rotatable bonds is 2. The summed E-state index contributed by atoms with van der Waals surface area (Å²) in [6.45, 7) is -0.0369. The third-order valence-corrected chi connectivity index (χ3v) is 2.21. The number of aliphatic hydroxyl groups is 1. The highest BCUT2D eigenvalue weighted by Crippen LogP contribution is 2.26. The van der Waals surface area contributed by atoms with Crippen LogP contribution in [0.5, 0.6) is 5.75 Å². The Labute approximate surface area is 73.2 Å². The summed E-state index contributed by atoms with van der Waals surface area (Å²) < 4.78 is 5.73. The SMILES string of the molecule is COc1cncc(CO)c1Br. The third-order valence-electron chi connectivity index (χ3n) is 1.31. The second-order valence-corrected chi connectivity index (χ2v) is 2.77. The molecule has 0 aliphatic carbocycles. The molecule has 0 fully saturated rings. The molecule has 0 amide bonds. The lowest BCUT2D eigenvalue weighted by Crippen LogP contribution is -1.91. The number of hydrogen-bond acceptors (Lipinski definition) is 3. The van der Waals surface area contributed by atoms with E-state index in [9.17, 15) is 0 Å². The van der Waals surface area contributed by atoms with Gasteiger partial charge in [-0.05, 0) is 15.9 Å². The fourth-order valence-electron chi connectivity index (χ4n) is 0.719. The van der Waals surface area contributed by atoms with Crippen molar-refractivity contribution in [2.75, 3.05) is 7.11 Å². The molecule has 0 saturated heterocycles. The van der Waals surface area contributed by atoms with E-state index in [1.807, 2.05) is 0 Å². The van der Waals surface area contributed by atoms with Gasteiger partial charge in [0.25, 0.3) is 0 Å². The van der Waals surface area contributed by atoms with Gasteiger partial charge < -0.3 is 9.84 Å². The number of nitrogens with zero attached hydrogens (tertiary/aromatic N) is 1. The molecule has 0 unspecified atom stereocenters. The number of methoxy groups -OCH3 is 1. The average molecular weight is 218 g/mol. The molecule has 0 atom stereocenters. The lowest BCUT2D eigenvalue weighted by molar-refractivity contribution is 0.279. The van der Waals surface area contributed by atoms with Crippen LogP contribution in [0.4, 0.5) is 0 Å². The van der Waals surface area contributed by atoms with Crippen molar-refractivity contribution in [1.29, 1.82) is 0 Å². The zero-order valence-corrected chi connectivity index (χ0v) is 7.63. The van der Waals surface area contributed by atoms with Crippen LogP contribution in [-0.2, 0) is 6.61 Å². The van der Waals surface area contributed by atoms with Crippen molar-refractivity contribution < 1.29 is 9.84 Å². The average Bonchev–Trinajstić information content (AvgIpc) is 2.05. The first kappa shape index (κ1) is 8.49. The van der Waals surface area contributed by atoms with E-state index in [-0.39, 0.29) is 6.61 Å². The Balaban J connectivity index is 3.10. The first-order chi connectivity index (χ1) is 5.29. The fraction of sp³-hybridized carbons (Fsp3) is 0.286. The highest BCUT2D eigenvalue weighted by atomic mass is 79.9. The van der Waals surface area contributed by atoms with E-state index >= 15 is 0 Å². The Morgan fingerprint density at radius 2 is 2.36 bits per heavy atom. The van der Waals surface area contributed by atoms with Gasteiger partial charge in [-0.1, -0.05) is 0 Å². The Bertz CT molecular complexity index is 230. The molecule has 1 rings (SSSR count). The van der Waals surface area contributed by atoms with Crippen molar-refractivity contribution >= 4 is 15.9 Å². The molecule has 60 valence electrons. The molecule has 1 aromatic heterocycles. The van der Waals surface area contributed by atoms with Crippen molar-refractivity contribution in [3.63, 3.8) is 0 Å². The van der Waals surface area contributed by atoms with Gasteiger partial charge in [0.15, 0.2) is 5.75 Å². The van der Waals surface area contributed by atoms with Crippen molar-refractivity contribution in [3.05, 3.63) is 22.4 Å². The number of hydrogen-bond donors (Lipinski definition) is 1. The maximum absolute atomic E-state index is 8.81. The van der Waals surface area contributed by atoms with Gasteiger partial charge in [-0.25, -0.2) is 0 Å². The number of aromatic nitrogens is 1. The van der Waals surface area contributed by atoms with Gasteiger partial charge in [-0.15, -0.1) is 0 Å².